The summed E-state index contributed by atoms with van der Waals surface area (Å²) in [6.07, 6.45) is 6.60. The predicted molar refractivity (Wildman–Crippen MR) is 114 cm³/mol. The van der Waals surface area contributed by atoms with Crippen molar-refractivity contribution in [2.45, 2.75) is 51.7 Å². The number of nitrogens with zero attached hydrogens (tertiary/aromatic N) is 1. The molecule has 2 aromatic carbocycles. The molecule has 1 atom stereocenters. The summed E-state index contributed by atoms with van der Waals surface area (Å²) >= 11 is 0. The van der Waals surface area contributed by atoms with Crippen LogP contribution in [-0.4, -0.2) is 30.6 Å². The molecule has 0 spiro atoms. The van der Waals surface area contributed by atoms with E-state index in [1.807, 2.05) is 42.5 Å². The Morgan fingerprint density at radius 1 is 0.963 bits per heavy atom. The molecule has 3 rings (SSSR count). The molecule has 1 aliphatic heterocycles. The molecule has 0 saturated carbocycles. The third-order valence-corrected chi connectivity index (χ3v) is 4.91. The second-order valence-corrected chi connectivity index (χ2v) is 7.14. The summed E-state index contributed by atoms with van der Waals surface area (Å²) in [5.74, 6) is 1.82. The van der Waals surface area contributed by atoms with Gasteiger partial charge in [0.05, 0.1) is 0 Å². The standard InChI is InChI=1S/C23H31NO2.ClH/c1-2-3-7-16-24-17-8-11-23(18-24)26-22-14-12-21(13-15-22)25-19-20-9-5-4-6-10-20;/h4-6,9-10,12-15,23H,2-3,7-8,11,16-19H2,1H3;1H. The van der Waals surface area contributed by atoms with Crippen molar-refractivity contribution in [2.75, 3.05) is 19.6 Å². The third kappa shape index (κ3) is 7.43. The van der Waals surface area contributed by atoms with Gasteiger partial charge in [-0.25, -0.2) is 0 Å². The number of rotatable bonds is 9. The molecule has 0 amide bonds. The van der Waals surface area contributed by atoms with Gasteiger partial charge >= 0.3 is 0 Å². The molecule has 0 N–H and O–H groups in total. The fraction of sp³-hybridized carbons (Fsp3) is 0.478. The highest BCUT2D eigenvalue weighted by molar-refractivity contribution is 5.85. The van der Waals surface area contributed by atoms with Crippen LogP contribution in [0.4, 0.5) is 0 Å². The monoisotopic (exact) mass is 389 g/mol. The summed E-state index contributed by atoms with van der Waals surface area (Å²) in [6.45, 7) is 6.33. The number of unbranched alkanes of at least 4 members (excludes halogenated alkanes) is 2. The van der Waals surface area contributed by atoms with Crippen LogP contribution in [0.25, 0.3) is 0 Å². The first-order valence-electron chi connectivity index (χ1n) is 9.99. The van der Waals surface area contributed by atoms with E-state index < -0.39 is 0 Å². The van der Waals surface area contributed by atoms with E-state index in [1.165, 1.54) is 44.3 Å². The smallest absolute Gasteiger partial charge is 0.120 e. The van der Waals surface area contributed by atoms with Gasteiger partial charge in [-0.3, -0.25) is 4.90 Å². The highest BCUT2D eigenvalue weighted by Gasteiger charge is 2.20. The van der Waals surface area contributed by atoms with E-state index in [0.29, 0.717) is 12.7 Å². The molecule has 0 bridgehead atoms. The van der Waals surface area contributed by atoms with Gasteiger partial charge in [0, 0.05) is 6.54 Å². The van der Waals surface area contributed by atoms with Crippen LogP contribution in [0, 0.1) is 0 Å². The lowest BCUT2D eigenvalue weighted by Gasteiger charge is -2.32. The molecule has 1 unspecified atom stereocenters. The highest BCUT2D eigenvalue weighted by Crippen LogP contribution is 2.22. The normalized spacial score (nSPS) is 17.1. The first-order chi connectivity index (χ1) is 12.8. The van der Waals surface area contributed by atoms with Gasteiger partial charge < -0.3 is 9.47 Å². The quantitative estimate of drug-likeness (QED) is 0.512. The second-order valence-electron chi connectivity index (χ2n) is 7.14. The fourth-order valence-electron chi connectivity index (χ4n) is 3.45. The highest BCUT2D eigenvalue weighted by atomic mass is 35.5. The Labute approximate surface area is 170 Å². The minimum atomic E-state index is 0. The van der Waals surface area contributed by atoms with Crippen LogP contribution in [0.5, 0.6) is 11.5 Å². The van der Waals surface area contributed by atoms with E-state index in [1.54, 1.807) is 0 Å². The van der Waals surface area contributed by atoms with E-state index in [0.717, 1.165) is 24.5 Å². The van der Waals surface area contributed by atoms with Crippen molar-refractivity contribution in [2.24, 2.45) is 0 Å². The molecule has 27 heavy (non-hydrogen) atoms. The lowest BCUT2D eigenvalue weighted by molar-refractivity contribution is 0.0874. The molecule has 1 fully saturated rings. The average molecular weight is 390 g/mol. The van der Waals surface area contributed by atoms with Crippen molar-refractivity contribution in [3.8, 4) is 11.5 Å². The van der Waals surface area contributed by atoms with Gasteiger partial charge in [0.2, 0.25) is 0 Å². The minimum Gasteiger partial charge on any atom is -0.489 e. The summed E-state index contributed by atoms with van der Waals surface area (Å²) in [4.78, 5) is 2.56. The van der Waals surface area contributed by atoms with Crippen LogP contribution in [0.1, 0.15) is 44.6 Å². The summed E-state index contributed by atoms with van der Waals surface area (Å²) in [6, 6.07) is 18.3. The second kappa shape index (κ2) is 11.9. The summed E-state index contributed by atoms with van der Waals surface area (Å²) in [7, 11) is 0. The van der Waals surface area contributed by atoms with Crippen LogP contribution in [0.15, 0.2) is 54.6 Å². The van der Waals surface area contributed by atoms with Crippen LogP contribution in [-0.2, 0) is 6.61 Å². The van der Waals surface area contributed by atoms with Crippen LogP contribution >= 0.6 is 12.4 Å². The van der Waals surface area contributed by atoms with Crippen LogP contribution in [0.2, 0.25) is 0 Å². The summed E-state index contributed by atoms with van der Waals surface area (Å²) < 4.78 is 12.1. The molecular weight excluding hydrogens is 358 g/mol. The minimum absolute atomic E-state index is 0. The SMILES string of the molecule is CCCCCN1CCCC(Oc2ccc(OCc3ccccc3)cc2)C1.Cl. The number of halogens is 1. The van der Waals surface area contributed by atoms with Gasteiger partial charge in [0.25, 0.3) is 0 Å². The molecule has 2 aromatic rings. The van der Waals surface area contributed by atoms with Crippen molar-refractivity contribution < 1.29 is 9.47 Å². The van der Waals surface area contributed by atoms with Crippen LogP contribution in [0.3, 0.4) is 0 Å². The maximum absolute atomic E-state index is 6.21. The third-order valence-electron chi connectivity index (χ3n) is 4.91. The first kappa shape index (κ1) is 21.6. The van der Waals surface area contributed by atoms with E-state index in [9.17, 15) is 0 Å². The molecule has 148 valence electrons. The zero-order valence-corrected chi connectivity index (χ0v) is 17.1. The van der Waals surface area contributed by atoms with Gasteiger partial charge in [-0.15, -0.1) is 12.4 Å². The van der Waals surface area contributed by atoms with Crippen molar-refractivity contribution >= 4 is 12.4 Å². The molecule has 1 aliphatic rings. The summed E-state index contributed by atoms with van der Waals surface area (Å²) in [5.41, 5.74) is 1.18. The number of hydrogen-bond donors (Lipinski definition) is 0. The molecule has 1 heterocycles. The molecule has 0 aromatic heterocycles. The van der Waals surface area contributed by atoms with E-state index in [4.69, 9.17) is 9.47 Å². The molecule has 3 nitrogen and oxygen atoms in total. The Hall–Kier alpha value is -1.71. The maximum Gasteiger partial charge on any atom is 0.120 e. The van der Waals surface area contributed by atoms with E-state index in [2.05, 4.69) is 24.0 Å². The zero-order chi connectivity index (χ0) is 18.0. The Morgan fingerprint density at radius 3 is 2.44 bits per heavy atom. The lowest BCUT2D eigenvalue weighted by atomic mass is 10.1. The topological polar surface area (TPSA) is 21.7 Å². The van der Waals surface area contributed by atoms with Crippen molar-refractivity contribution in [1.82, 2.24) is 4.90 Å². The van der Waals surface area contributed by atoms with Gasteiger partial charge in [-0.2, -0.15) is 0 Å². The number of piperidine rings is 1. The fourth-order valence-corrected chi connectivity index (χ4v) is 3.45. The Bertz CT molecular complexity index is 633. The largest absolute Gasteiger partial charge is 0.489 e. The number of benzene rings is 2. The first-order valence-corrected chi connectivity index (χ1v) is 9.99. The summed E-state index contributed by atoms with van der Waals surface area (Å²) in [5, 5.41) is 0. The van der Waals surface area contributed by atoms with Gasteiger partial charge in [0.15, 0.2) is 0 Å². The Balaban J connectivity index is 0.00000261. The molecule has 1 saturated heterocycles. The molecular formula is C23H32ClNO2. The molecule has 0 aliphatic carbocycles. The number of hydrogen-bond acceptors (Lipinski definition) is 3. The lowest BCUT2D eigenvalue weighted by Crippen LogP contribution is -2.41. The van der Waals surface area contributed by atoms with Gasteiger partial charge in [0.1, 0.15) is 24.2 Å². The van der Waals surface area contributed by atoms with Crippen LogP contribution < -0.4 is 9.47 Å². The van der Waals surface area contributed by atoms with E-state index >= 15 is 0 Å². The van der Waals surface area contributed by atoms with E-state index in [-0.39, 0.29) is 12.4 Å². The van der Waals surface area contributed by atoms with Gasteiger partial charge in [-0.1, -0.05) is 50.1 Å². The Morgan fingerprint density at radius 2 is 1.70 bits per heavy atom. The maximum atomic E-state index is 6.21. The predicted octanol–water partition coefficient (Wildman–Crippen LogP) is 5.72. The average Bonchev–Trinajstić information content (AvgIpc) is 2.69. The zero-order valence-electron chi connectivity index (χ0n) is 16.3. The van der Waals surface area contributed by atoms with Crippen molar-refractivity contribution in [1.29, 1.82) is 0 Å². The number of likely N-dealkylation sites (tertiary alicyclic amines) is 1. The van der Waals surface area contributed by atoms with Crippen molar-refractivity contribution in [3.05, 3.63) is 60.2 Å². The Kier molecular flexibility index (Phi) is 9.51. The van der Waals surface area contributed by atoms with Crippen molar-refractivity contribution in [3.63, 3.8) is 0 Å². The molecule has 0 radical (unpaired) electrons. The van der Waals surface area contributed by atoms with Gasteiger partial charge in [-0.05, 0) is 62.2 Å². The molecule has 4 heteroatoms. The number of ether oxygens (including phenoxy) is 2.